The van der Waals surface area contributed by atoms with E-state index in [0.29, 0.717) is 6.61 Å². The van der Waals surface area contributed by atoms with Crippen LogP contribution in [0.3, 0.4) is 0 Å². The average Bonchev–Trinajstić information content (AvgIpc) is 2.75. The predicted octanol–water partition coefficient (Wildman–Crippen LogP) is 2.89. The van der Waals surface area contributed by atoms with Gasteiger partial charge in [-0.2, -0.15) is 0 Å². The lowest BCUT2D eigenvalue weighted by molar-refractivity contribution is 0.268. The maximum Gasteiger partial charge on any atom is 0.146 e. The lowest BCUT2D eigenvalue weighted by Crippen LogP contribution is -2.07. The Kier molecular flexibility index (Phi) is 3.83. The zero-order valence-corrected chi connectivity index (χ0v) is 10.2. The van der Waals surface area contributed by atoms with Crippen molar-refractivity contribution in [3.63, 3.8) is 0 Å². The fourth-order valence-electron chi connectivity index (χ4n) is 1.70. The number of aryl methyl sites for hydroxylation is 1. The normalized spacial score (nSPS) is 10.5. The van der Waals surface area contributed by atoms with E-state index in [1.54, 1.807) is 6.26 Å². The van der Waals surface area contributed by atoms with E-state index in [9.17, 15) is 0 Å². The second-order valence-corrected chi connectivity index (χ2v) is 4.00. The molecule has 0 unspecified atom stereocenters. The highest BCUT2D eigenvalue weighted by Crippen LogP contribution is 2.17. The van der Waals surface area contributed by atoms with Crippen LogP contribution in [0.2, 0.25) is 0 Å². The van der Waals surface area contributed by atoms with E-state index >= 15 is 0 Å². The Morgan fingerprint density at radius 1 is 1.29 bits per heavy atom. The molecule has 3 nitrogen and oxygen atoms in total. The minimum atomic E-state index is 0.466. The first-order valence-corrected chi connectivity index (χ1v) is 5.69. The monoisotopic (exact) mass is 231 g/mol. The summed E-state index contributed by atoms with van der Waals surface area (Å²) in [4.78, 5) is 0. The van der Waals surface area contributed by atoms with Gasteiger partial charge in [-0.15, -0.1) is 0 Å². The third kappa shape index (κ3) is 3.11. The van der Waals surface area contributed by atoms with Crippen molar-refractivity contribution >= 4 is 0 Å². The first-order valence-electron chi connectivity index (χ1n) is 5.69. The topological polar surface area (TPSA) is 34.4 Å². The molecule has 1 heterocycles. The number of furan rings is 1. The van der Waals surface area contributed by atoms with Gasteiger partial charge in [-0.05, 0) is 37.7 Å². The molecule has 1 aromatic carbocycles. The third-order valence-corrected chi connectivity index (χ3v) is 2.56. The highest BCUT2D eigenvalue weighted by molar-refractivity contribution is 5.27. The summed E-state index contributed by atoms with van der Waals surface area (Å²) in [6.07, 6.45) is 1.70. The van der Waals surface area contributed by atoms with Crippen LogP contribution in [0, 0.1) is 6.92 Å². The van der Waals surface area contributed by atoms with Gasteiger partial charge in [0, 0.05) is 12.1 Å². The van der Waals surface area contributed by atoms with Gasteiger partial charge in [-0.1, -0.05) is 12.1 Å². The van der Waals surface area contributed by atoms with Crippen molar-refractivity contribution < 1.29 is 9.15 Å². The quantitative estimate of drug-likeness (QED) is 0.859. The van der Waals surface area contributed by atoms with Crippen LogP contribution < -0.4 is 10.1 Å². The molecule has 1 N–H and O–H groups in total. The maximum absolute atomic E-state index is 5.70. The summed E-state index contributed by atoms with van der Waals surface area (Å²) in [5.74, 6) is 1.75. The molecule has 2 rings (SSSR count). The summed E-state index contributed by atoms with van der Waals surface area (Å²) < 4.78 is 11.1. The minimum absolute atomic E-state index is 0.466. The van der Waals surface area contributed by atoms with Gasteiger partial charge in [-0.3, -0.25) is 0 Å². The van der Waals surface area contributed by atoms with Gasteiger partial charge in [-0.25, -0.2) is 0 Å². The largest absolute Gasteiger partial charge is 0.486 e. The molecule has 0 saturated heterocycles. The predicted molar refractivity (Wildman–Crippen MR) is 67.0 cm³/mol. The van der Waals surface area contributed by atoms with Crippen molar-refractivity contribution in [3.05, 3.63) is 53.5 Å². The van der Waals surface area contributed by atoms with E-state index in [1.807, 2.05) is 44.3 Å². The van der Waals surface area contributed by atoms with Gasteiger partial charge in [0.05, 0.1) is 6.26 Å². The Balaban J connectivity index is 1.99. The summed E-state index contributed by atoms with van der Waals surface area (Å²) in [7, 11) is 1.91. The first kappa shape index (κ1) is 11.7. The molecule has 17 heavy (non-hydrogen) atoms. The van der Waals surface area contributed by atoms with Crippen molar-refractivity contribution in [2.45, 2.75) is 20.1 Å². The maximum atomic E-state index is 5.70. The highest BCUT2D eigenvalue weighted by Gasteiger charge is 2.06. The summed E-state index contributed by atoms with van der Waals surface area (Å²) in [6, 6.07) is 9.97. The van der Waals surface area contributed by atoms with Crippen molar-refractivity contribution in [2.75, 3.05) is 7.05 Å². The highest BCUT2D eigenvalue weighted by atomic mass is 16.5. The number of rotatable bonds is 5. The number of ether oxygens (including phenoxy) is 1. The van der Waals surface area contributed by atoms with Gasteiger partial charge < -0.3 is 14.5 Å². The molecule has 0 fully saturated rings. The van der Waals surface area contributed by atoms with Crippen LogP contribution in [-0.4, -0.2) is 7.05 Å². The molecule has 2 aromatic rings. The van der Waals surface area contributed by atoms with Gasteiger partial charge in [0.15, 0.2) is 0 Å². The van der Waals surface area contributed by atoms with Crippen molar-refractivity contribution in [2.24, 2.45) is 0 Å². The van der Waals surface area contributed by atoms with E-state index < -0.39 is 0 Å². The van der Waals surface area contributed by atoms with E-state index in [0.717, 1.165) is 23.6 Å². The SMILES string of the molecule is CNCc1ccoc1COc1cccc(C)c1. The molecule has 0 aliphatic carbocycles. The first-order chi connectivity index (χ1) is 8.29. The molecule has 0 amide bonds. The number of nitrogens with one attached hydrogen (secondary N) is 1. The summed E-state index contributed by atoms with van der Waals surface area (Å²) >= 11 is 0. The lowest BCUT2D eigenvalue weighted by Gasteiger charge is -2.06. The van der Waals surface area contributed by atoms with Gasteiger partial charge in [0.2, 0.25) is 0 Å². The molecule has 0 saturated carbocycles. The summed E-state index contributed by atoms with van der Waals surface area (Å²) in [5, 5.41) is 3.10. The van der Waals surface area contributed by atoms with Crippen LogP contribution in [0.1, 0.15) is 16.9 Å². The van der Waals surface area contributed by atoms with Crippen molar-refractivity contribution in [1.82, 2.24) is 5.32 Å². The van der Waals surface area contributed by atoms with Crippen LogP contribution in [0.15, 0.2) is 41.0 Å². The molecule has 0 aliphatic rings. The second-order valence-electron chi connectivity index (χ2n) is 4.00. The number of benzene rings is 1. The smallest absolute Gasteiger partial charge is 0.146 e. The second kappa shape index (κ2) is 5.55. The molecular formula is C14H17NO2. The molecule has 1 aromatic heterocycles. The van der Waals surface area contributed by atoms with Gasteiger partial charge in [0.1, 0.15) is 18.1 Å². The van der Waals surface area contributed by atoms with Gasteiger partial charge >= 0.3 is 0 Å². The van der Waals surface area contributed by atoms with E-state index in [1.165, 1.54) is 5.56 Å². The van der Waals surface area contributed by atoms with Crippen LogP contribution in [-0.2, 0) is 13.2 Å². The molecule has 90 valence electrons. The lowest BCUT2D eigenvalue weighted by atomic mass is 10.2. The Labute approximate surface area is 101 Å². The van der Waals surface area contributed by atoms with Crippen molar-refractivity contribution in [1.29, 1.82) is 0 Å². The fourth-order valence-corrected chi connectivity index (χ4v) is 1.70. The fraction of sp³-hybridized carbons (Fsp3) is 0.286. The Bertz CT molecular complexity index is 477. The van der Waals surface area contributed by atoms with Crippen molar-refractivity contribution in [3.8, 4) is 5.75 Å². The molecule has 0 atom stereocenters. The zero-order valence-electron chi connectivity index (χ0n) is 10.2. The van der Waals surface area contributed by atoms with Crippen LogP contribution >= 0.6 is 0 Å². The van der Waals surface area contributed by atoms with Crippen LogP contribution in [0.25, 0.3) is 0 Å². The van der Waals surface area contributed by atoms with E-state index in [2.05, 4.69) is 5.32 Å². The molecule has 0 radical (unpaired) electrons. The van der Waals surface area contributed by atoms with Crippen LogP contribution in [0.5, 0.6) is 5.75 Å². The molecule has 0 aliphatic heterocycles. The Morgan fingerprint density at radius 3 is 2.94 bits per heavy atom. The summed E-state index contributed by atoms with van der Waals surface area (Å²) in [6.45, 7) is 3.31. The Hall–Kier alpha value is -1.74. The molecule has 3 heteroatoms. The number of hydrogen-bond donors (Lipinski definition) is 1. The third-order valence-electron chi connectivity index (χ3n) is 2.56. The summed E-state index contributed by atoms with van der Waals surface area (Å²) in [5.41, 5.74) is 2.33. The zero-order chi connectivity index (χ0) is 12.1. The molecular weight excluding hydrogens is 214 g/mol. The standard InChI is InChI=1S/C14H17NO2/c1-11-4-3-5-13(8-11)17-10-14-12(9-15-2)6-7-16-14/h3-8,15H,9-10H2,1-2H3. The average molecular weight is 231 g/mol. The molecule has 0 bridgehead atoms. The van der Waals surface area contributed by atoms with Gasteiger partial charge in [0.25, 0.3) is 0 Å². The minimum Gasteiger partial charge on any atom is -0.486 e. The van der Waals surface area contributed by atoms with E-state index in [-0.39, 0.29) is 0 Å². The molecule has 0 spiro atoms. The Morgan fingerprint density at radius 2 is 2.18 bits per heavy atom. The number of hydrogen-bond acceptors (Lipinski definition) is 3. The van der Waals surface area contributed by atoms with Crippen LogP contribution in [0.4, 0.5) is 0 Å². The van der Waals surface area contributed by atoms with E-state index in [4.69, 9.17) is 9.15 Å².